The summed E-state index contributed by atoms with van der Waals surface area (Å²) in [6.45, 7) is 10.7. The molecule has 0 aliphatic carbocycles. The predicted molar refractivity (Wildman–Crippen MR) is 83.8 cm³/mol. The maximum atomic E-state index is 11.4. The van der Waals surface area contributed by atoms with Crippen LogP contribution < -0.4 is 5.19 Å². The van der Waals surface area contributed by atoms with E-state index in [9.17, 15) is 4.79 Å². The van der Waals surface area contributed by atoms with Crippen molar-refractivity contribution in [3.05, 3.63) is 42.0 Å². The van der Waals surface area contributed by atoms with Gasteiger partial charge in [0.1, 0.15) is 0 Å². The predicted octanol–water partition coefficient (Wildman–Crippen LogP) is 2.60. The molecule has 1 aromatic carbocycles. The van der Waals surface area contributed by atoms with E-state index in [2.05, 4.69) is 37.9 Å². The molecular weight excluding hydrogens is 252 g/mol. The molecule has 0 saturated carbocycles. The number of aryl methyl sites for hydroxylation is 1. The van der Waals surface area contributed by atoms with Crippen molar-refractivity contribution in [3.8, 4) is 0 Å². The minimum absolute atomic E-state index is 0.103. The van der Waals surface area contributed by atoms with Gasteiger partial charge in [0.2, 0.25) is 0 Å². The number of benzene rings is 1. The zero-order chi connectivity index (χ0) is 14.3. The van der Waals surface area contributed by atoms with Crippen LogP contribution in [-0.4, -0.2) is 21.4 Å². The van der Waals surface area contributed by atoms with Gasteiger partial charge in [0.25, 0.3) is 0 Å². The molecule has 0 unspecified atom stereocenters. The number of carbonyl (C=O) groups excluding carboxylic acids is 1. The molecule has 19 heavy (non-hydrogen) atoms. The van der Waals surface area contributed by atoms with Crippen LogP contribution in [0.25, 0.3) is 0 Å². The largest absolute Gasteiger partial charge is 0.466 e. The third-order valence-electron chi connectivity index (χ3n) is 3.12. The zero-order valence-corrected chi connectivity index (χ0v) is 13.4. The van der Waals surface area contributed by atoms with Gasteiger partial charge in [-0.05, 0) is 30.9 Å². The highest BCUT2D eigenvalue weighted by atomic mass is 28.3. The van der Waals surface area contributed by atoms with E-state index in [1.165, 1.54) is 16.3 Å². The summed E-state index contributed by atoms with van der Waals surface area (Å²) in [5.41, 5.74) is 2.62. The van der Waals surface area contributed by atoms with Crippen LogP contribution in [0.4, 0.5) is 0 Å². The first-order valence-electron chi connectivity index (χ1n) is 6.96. The van der Waals surface area contributed by atoms with E-state index in [0.717, 1.165) is 12.8 Å². The van der Waals surface area contributed by atoms with Crippen molar-refractivity contribution in [1.82, 2.24) is 0 Å². The van der Waals surface area contributed by atoms with E-state index < -0.39 is 8.80 Å². The topological polar surface area (TPSA) is 26.3 Å². The van der Waals surface area contributed by atoms with Gasteiger partial charge >= 0.3 is 5.97 Å². The molecule has 0 aromatic heterocycles. The first-order valence-corrected chi connectivity index (χ1v) is 9.85. The third kappa shape index (κ3) is 5.03. The lowest BCUT2D eigenvalue weighted by molar-refractivity contribution is -0.143. The van der Waals surface area contributed by atoms with Gasteiger partial charge in [-0.2, -0.15) is 0 Å². The van der Waals surface area contributed by atoms with Crippen LogP contribution in [0.15, 0.2) is 30.9 Å². The summed E-state index contributed by atoms with van der Waals surface area (Å²) in [5, 5.41) is 1.46. The van der Waals surface area contributed by atoms with E-state index in [-0.39, 0.29) is 5.97 Å². The summed E-state index contributed by atoms with van der Waals surface area (Å²) in [5.74, 6) is -0.103. The Morgan fingerprint density at radius 2 is 2.16 bits per heavy atom. The maximum absolute atomic E-state index is 11.4. The Morgan fingerprint density at radius 1 is 1.42 bits per heavy atom. The fourth-order valence-electron chi connectivity index (χ4n) is 2.17. The van der Waals surface area contributed by atoms with Crippen LogP contribution in [-0.2, 0) is 22.4 Å². The zero-order valence-electron chi connectivity index (χ0n) is 12.2. The van der Waals surface area contributed by atoms with Gasteiger partial charge in [-0.15, -0.1) is 6.58 Å². The van der Waals surface area contributed by atoms with Crippen molar-refractivity contribution in [2.75, 3.05) is 6.61 Å². The van der Waals surface area contributed by atoms with Crippen LogP contribution in [0.1, 0.15) is 24.5 Å². The Balaban J connectivity index is 2.81. The van der Waals surface area contributed by atoms with E-state index in [4.69, 9.17) is 4.74 Å². The summed E-state index contributed by atoms with van der Waals surface area (Å²) in [6.07, 6.45) is 4.10. The van der Waals surface area contributed by atoms with E-state index in [1.54, 1.807) is 0 Å². The van der Waals surface area contributed by atoms with Crippen LogP contribution in [0.5, 0.6) is 0 Å². The minimum Gasteiger partial charge on any atom is -0.466 e. The molecule has 0 heterocycles. The highest BCUT2D eigenvalue weighted by Crippen LogP contribution is 2.08. The van der Waals surface area contributed by atoms with Crippen molar-refractivity contribution < 1.29 is 9.53 Å². The van der Waals surface area contributed by atoms with Gasteiger partial charge in [0.15, 0.2) is 0 Å². The van der Waals surface area contributed by atoms with E-state index in [0.29, 0.717) is 13.0 Å². The second kappa shape index (κ2) is 7.95. The molecular formula is C16H24O2Si. The lowest BCUT2D eigenvalue weighted by atomic mass is 10.1. The maximum Gasteiger partial charge on any atom is 0.306 e. The quantitative estimate of drug-likeness (QED) is 0.435. The van der Waals surface area contributed by atoms with Gasteiger partial charge in [0.05, 0.1) is 15.4 Å². The Kier molecular flexibility index (Phi) is 6.57. The summed E-state index contributed by atoms with van der Waals surface area (Å²) in [7, 11) is -0.887. The number of hydrogen-bond donors (Lipinski definition) is 0. The smallest absolute Gasteiger partial charge is 0.306 e. The molecule has 1 aromatic rings. The van der Waals surface area contributed by atoms with Crippen LogP contribution in [0, 0.1) is 0 Å². The fraction of sp³-hybridized carbons (Fsp3) is 0.438. The number of ether oxygens (including phenoxy) is 1. The number of esters is 1. The number of allylic oxidation sites excluding steroid dienone is 1. The van der Waals surface area contributed by atoms with Crippen molar-refractivity contribution in [3.63, 3.8) is 0 Å². The van der Waals surface area contributed by atoms with Crippen molar-refractivity contribution in [1.29, 1.82) is 0 Å². The summed E-state index contributed by atoms with van der Waals surface area (Å²) < 4.78 is 4.99. The molecule has 104 valence electrons. The summed E-state index contributed by atoms with van der Waals surface area (Å²) in [4.78, 5) is 11.4. The standard InChI is InChI=1S/C16H24O2Si/c1-5-7-13-8-9-14(15(12-13)19(3)4)10-11-16(17)18-6-2/h5,8-9,12,19H,1,6-7,10-11H2,2-4H3. The molecule has 3 heteroatoms. The van der Waals surface area contributed by atoms with Gasteiger partial charge in [0, 0.05) is 6.42 Å². The average molecular weight is 276 g/mol. The van der Waals surface area contributed by atoms with Gasteiger partial charge in [-0.25, -0.2) is 0 Å². The lowest BCUT2D eigenvalue weighted by Crippen LogP contribution is -2.27. The number of hydrogen-bond acceptors (Lipinski definition) is 2. The minimum atomic E-state index is -0.887. The molecule has 0 aliphatic rings. The number of rotatable bonds is 7. The van der Waals surface area contributed by atoms with Crippen molar-refractivity contribution in [2.24, 2.45) is 0 Å². The molecule has 0 aliphatic heterocycles. The van der Waals surface area contributed by atoms with Gasteiger partial charge in [-0.3, -0.25) is 4.79 Å². The van der Waals surface area contributed by atoms with Gasteiger partial charge < -0.3 is 4.74 Å². The van der Waals surface area contributed by atoms with Gasteiger partial charge in [-0.1, -0.05) is 42.6 Å². The summed E-state index contributed by atoms with van der Waals surface area (Å²) in [6, 6.07) is 6.60. The summed E-state index contributed by atoms with van der Waals surface area (Å²) >= 11 is 0. The molecule has 0 saturated heterocycles. The van der Waals surface area contributed by atoms with E-state index in [1.807, 2.05) is 13.0 Å². The fourth-order valence-corrected chi connectivity index (χ4v) is 3.70. The van der Waals surface area contributed by atoms with Crippen molar-refractivity contribution >= 4 is 20.0 Å². The molecule has 0 spiro atoms. The molecule has 0 atom stereocenters. The molecule has 2 nitrogen and oxygen atoms in total. The highest BCUT2D eigenvalue weighted by molar-refractivity contribution is 6.71. The second-order valence-electron chi connectivity index (χ2n) is 4.99. The molecule has 0 fully saturated rings. The first-order chi connectivity index (χ1) is 9.08. The highest BCUT2D eigenvalue weighted by Gasteiger charge is 2.10. The Bertz CT molecular complexity index is 438. The van der Waals surface area contributed by atoms with Crippen molar-refractivity contribution in [2.45, 2.75) is 39.3 Å². The Morgan fingerprint density at radius 3 is 2.74 bits per heavy atom. The normalized spacial score (nSPS) is 10.5. The molecule has 0 N–H and O–H groups in total. The van der Waals surface area contributed by atoms with Crippen LogP contribution >= 0.6 is 0 Å². The number of carbonyl (C=O) groups is 1. The average Bonchev–Trinajstić information content (AvgIpc) is 2.37. The molecule has 0 radical (unpaired) electrons. The van der Waals surface area contributed by atoms with Crippen LogP contribution in [0.2, 0.25) is 13.1 Å². The van der Waals surface area contributed by atoms with E-state index >= 15 is 0 Å². The first kappa shape index (κ1) is 15.7. The molecule has 0 bridgehead atoms. The third-order valence-corrected chi connectivity index (χ3v) is 4.90. The Hall–Kier alpha value is -1.35. The van der Waals surface area contributed by atoms with Crippen LogP contribution in [0.3, 0.4) is 0 Å². The molecule has 0 amide bonds. The monoisotopic (exact) mass is 276 g/mol. The Labute approximate surface area is 118 Å². The molecule has 1 rings (SSSR count). The second-order valence-corrected chi connectivity index (χ2v) is 7.92. The SMILES string of the molecule is C=CCc1ccc(CCC(=O)OCC)c([SiH](C)C)c1. The lowest BCUT2D eigenvalue weighted by Gasteiger charge is -2.13.